The Hall–Kier alpha value is -2.41. The van der Waals surface area contributed by atoms with Gasteiger partial charge in [-0.3, -0.25) is 15.0 Å². The summed E-state index contributed by atoms with van der Waals surface area (Å²) in [5.74, 6) is 0.381. The van der Waals surface area contributed by atoms with Gasteiger partial charge in [-0.05, 0) is 44.2 Å². The summed E-state index contributed by atoms with van der Waals surface area (Å²) in [5, 5.41) is 4.18. The van der Waals surface area contributed by atoms with Crippen LogP contribution in [0.2, 0.25) is 0 Å². The Morgan fingerprint density at radius 3 is 2.84 bits per heavy atom. The molecule has 1 saturated carbocycles. The number of carbonyl (C=O) groups is 2. The standard InChI is InChI=1S/C18H24N4O3/c1-13-18(24)22(15-6-3-2-4-7-15)21-16(20-13)17(23)19-10-5-11-25-12-14-8-9-14/h2-4,6-7,13-14H,5,8-12H2,1H3,(H,19,23)(H,20,21). The number of para-hydroxylation sites is 1. The third-order valence-corrected chi connectivity index (χ3v) is 4.15. The highest BCUT2D eigenvalue weighted by molar-refractivity contribution is 6.39. The van der Waals surface area contributed by atoms with E-state index in [9.17, 15) is 9.59 Å². The minimum Gasteiger partial charge on any atom is -0.381 e. The highest BCUT2D eigenvalue weighted by Crippen LogP contribution is 2.28. The Morgan fingerprint density at radius 2 is 2.12 bits per heavy atom. The Morgan fingerprint density at radius 1 is 1.36 bits per heavy atom. The molecular formula is C18H24N4O3. The highest BCUT2D eigenvalue weighted by atomic mass is 16.5. The van der Waals surface area contributed by atoms with Crippen molar-refractivity contribution < 1.29 is 14.3 Å². The van der Waals surface area contributed by atoms with Crippen molar-refractivity contribution in [1.29, 1.82) is 0 Å². The summed E-state index contributed by atoms with van der Waals surface area (Å²) in [6.45, 7) is 3.66. The van der Waals surface area contributed by atoms with E-state index in [4.69, 9.17) is 4.74 Å². The number of carbonyl (C=O) groups excluding carboxylic acids is 2. The molecule has 0 saturated heterocycles. The van der Waals surface area contributed by atoms with Crippen LogP contribution in [-0.2, 0) is 14.3 Å². The lowest BCUT2D eigenvalue weighted by atomic mass is 10.2. The van der Waals surface area contributed by atoms with Gasteiger partial charge in [-0.15, -0.1) is 0 Å². The first kappa shape index (κ1) is 17.4. The van der Waals surface area contributed by atoms with Crippen molar-refractivity contribution in [3.05, 3.63) is 30.3 Å². The maximum Gasteiger partial charge on any atom is 0.288 e. The molecule has 1 unspecified atom stereocenters. The lowest BCUT2D eigenvalue weighted by molar-refractivity contribution is -0.120. The smallest absolute Gasteiger partial charge is 0.288 e. The first-order valence-electron chi connectivity index (χ1n) is 8.74. The number of nitrogens with one attached hydrogen (secondary N) is 2. The predicted octanol–water partition coefficient (Wildman–Crippen LogP) is 1.26. The topological polar surface area (TPSA) is 83.0 Å². The van der Waals surface area contributed by atoms with Crippen molar-refractivity contribution in [2.75, 3.05) is 24.8 Å². The first-order chi connectivity index (χ1) is 12.1. The second-order valence-corrected chi connectivity index (χ2v) is 6.40. The molecule has 0 radical (unpaired) electrons. The molecule has 0 bridgehead atoms. The van der Waals surface area contributed by atoms with Crippen LogP contribution in [0.1, 0.15) is 26.2 Å². The fraction of sp³-hybridized carbons (Fsp3) is 0.500. The van der Waals surface area contributed by atoms with Gasteiger partial charge in [0, 0.05) is 19.8 Å². The molecule has 3 rings (SSSR count). The fourth-order valence-electron chi connectivity index (χ4n) is 2.50. The Labute approximate surface area is 147 Å². The molecule has 1 atom stereocenters. The van der Waals surface area contributed by atoms with E-state index in [0.29, 0.717) is 18.8 Å². The molecule has 2 amide bonds. The van der Waals surface area contributed by atoms with Crippen LogP contribution < -0.4 is 15.8 Å². The minimum atomic E-state index is -0.607. The van der Waals surface area contributed by atoms with Crippen LogP contribution in [0.5, 0.6) is 0 Å². The van der Waals surface area contributed by atoms with Crippen molar-refractivity contribution in [2.24, 2.45) is 10.9 Å². The van der Waals surface area contributed by atoms with Gasteiger partial charge >= 0.3 is 0 Å². The molecule has 7 nitrogen and oxygen atoms in total. The van der Waals surface area contributed by atoms with E-state index in [2.05, 4.69) is 15.7 Å². The summed E-state index contributed by atoms with van der Waals surface area (Å²) < 4.78 is 5.54. The van der Waals surface area contributed by atoms with E-state index in [1.54, 1.807) is 19.1 Å². The van der Waals surface area contributed by atoms with Crippen molar-refractivity contribution in [2.45, 2.75) is 32.2 Å². The van der Waals surface area contributed by atoms with Gasteiger partial charge in [-0.2, -0.15) is 0 Å². The van der Waals surface area contributed by atoms with Gasteiger partial charge in [-0.1, -0.05) is 18.2 Å². The molecule has 1 heterocycles. The highest BCUT2D eigenvalue weighted by Gasteiger charge is 2.30. The SMILES string of the molecule is CC1N=C(C(=O)NCCCOCC2CC2)NN(c2ccccc2)C1=O. The molecule has 134 valence electrons. The molecule has 1 aliphatic heterocycles. The molecule has 25 heavy (non-hydrogen) atoms. The number of hydrazine groups is 1. The number of benzene rings is 1. The zero-order valence-electron chi connectivity index (χ0n) is 14.4. The maximum atomic E-state index is 12.3. The molecule has 2 aliphatic rings. The van der Waals surface area contributed by atoms with Crippen molar-refractivity contribution >= 4 is 23.3 Å². The third-order valence-electron chi connectivity index (χ3n) is 4.15. The van der Waals surface area contributed by atoms with Gasteiger partial charge in [0.05, 0.1) is 5.69 Å². The minimum absolute atomic E-state index is 0.148. The average molecular weight is 344 g/mol. The van der Waals surface area contributed by atoms with Crippen molar-refractivity contribution in [3.8, 4) is 0 Å². The zero-order valence-corrected chi connectivity index (χ0v) is 14.4. The Balaban J connectivity index is 1.49. The van der Waals surface area contributed by atoms with E-state index in [0.717, 1.165) is 18.9 Å². The second-order valence-electron chi connectivity index (χ2n) is 6.40. The van der Waals surface area contributed by atoms with Crippen LogP contribution in [0, 0.1) is 5.92 Å². The van der Waals surface area contributed by atoms with Crippen LogP contribution in [0.3, 0.4) is 0 Å². The number of nitrogens with zero attached hydrogens (tertiary/aromatic N) is 2. The zero-order chi connectivity index (χ0) is 17.6. The molecule has 0 aromatic heterocycles. The van der Waals surface area contributed by atoms with E-state index in [1.807, 2.05) is 18.2 Å². The summed E-state index contributed by atoms with van der Waals surface area (Å²) in [4.78, 5) is 28.7. The van der Waals surface area contributed by atoms with E-state index in [-0.39, 0.29) is 17.6 Å². The van der Waals surface area contributed by atoms with Gasteiger partial charge in [-0.25, -0.2) is 10.0 Å². The lowest BCUT2D eigenvalue weighted by Gasteiger charge is -2.30. The summed E-state index contributed by atoms with van der Waals surface area (Å²) in [5.41, 5.74) is 3.49. The Kier molecular flexibility index (Phi) is 5.65. The third kappa shape index (κ3) is 4.79. The number of anilines is 1. The first-order valence-corrected chi connectivity index (χ1v) is 8.74. The van der Waals surface area contributed by atoms with Crippen molar-refractivity contribution in [1.82, 2.24) is 10.7 Å². The second kappa shape index (κ2) is 8.11. The lowest BCUT2D eigenvalue weighted by Crippen LogP contribution is -2.58. The number of amidine groups is 1. The van der Waals surface area contributed by atoms with Gasteiger partial charge in [0.15, 0.2) is 0 Å². The van der Waals surface area contributed by atoms with Gasteiger partial charge < -0.3 is 10.1 Å². The van der Waals surface area contributed by atoms with Crippen LogP contribution in [0.4, 0.5) is 5.69 Å². The molecule has 2 N–H and O–H groups in total. The quantitative estimate of drug-likeness (QED) is 0.696. The normalized spacial score (nSPS) is 20.0. The van der Waals surface area contributed by atoms with E-state index >= 15 is 0 Å². The van der Waals surface area contributed by atoms with Gasteiger partial charge in [0.2, 0.25) is 5.84 Å². The summed E-state index contributed by atoms with van der Waals surface area (Å²) in [7, 11) is 0. The van der Waals surface area contributed by atoms with Gasteiger partial charge in [0.1, 0.15) is 6.04 Å². The van der Waals surface area contributed by atoms with Crippen LogP contribution in [0.15, 0.2) is 35.3 Å². The molecule has 1 aliphatic carbocycles. The van der Waals surface area contributed by atoms with Crippen LogP contribution >= 0.6 is 0 Å². The average Bonchev–Trinajstić information content (AvgIpc) is 3.45. The molecule has 1 aromatic carbocycles. The largest absolute Gasteiger partial charge is 0.381 e. The van der Waals surface area contributed by atoms with Gasteiger partial charge in [0.25, 0.3) is 11.8 Å². The Bertz CT molecular complexity index is 643. The number of hydrogen-bond acceptors (Lipinski definition) is 5. The molecule has 1 fully saturated rings. The molecule has 1 aromatic rings. The monoisotopic (exact) mass is 344 g/mol. The molecular weight excluding hydrogens is 320 g/mol. The number of hydrogen-bond donors (Lipinski definition) is 2. The summed E-state index contributed by atoms with van der Waals surface area (Å²) >= 11 is 0. The van der Waals surface area contributed by atoms with E-state index in [1.165, 1.54) is 17.9 Å². The maximum absolute atomic E-state index is 12.3. The van der Waals surface area contributed by atoms with Crippen molar-refractivity contribution in [3.63, 3.8) is 0 Å². The number of rotatable bonds is 8. The number of amides is 2. The number of ether oxygens (including phenoxy) is 1. The van der Waals surface area contributed by atoms with E-state index < -0.39 is 6.04 Å². The van der Waals surface area contributed by atoms with Crippen LogP contribution in [0.25, 0.3) is 0 Å². The van der Waals surface area contributed by atoms with Crippen LogP contribution in [-0.4, -0.2) is 43.5 Å². The molecule has 7 heteroatoms. The summed E-state index contributed by atoms with van der Waals surface area (Å²) in [6.07, 6.45) is 3.30. The predicted molar refractivity (Wildman–Crippen MR) is 95.1 cm³/mol. The molecule has 0 spiro atoms. The fourth-order valence-corrected chi connectivity index (χ4v) is 2.50. The number of aliphatic imine (C=N–C) groups is 1. The summed E-state index contributed by atoms with van der Waals surface area (Å²) in [6, 6.07) is 8.54.